The van der Waals surface area contributed by atoms with Crippen LogP contribution in [0.1, 0.15) is 10.4 Å². The Morgan fingerprint density at radius 1 is 1.33 bits per heavy atom. The van der Waals surface area contributed by atoms with Gasteiger partial charge < -0.3 is 0 Å². The zero-order valence-electron chi connectivity index (χ0n) is 5.68. The largest absolute Gasteiger partial charge is 0.275 e. The summed E-state index contributed by atoms with van der Waals surface area (Å²) in [5, 5.41) is -0.998. The van der Waals surface area contributed by atoms with Gasteiger partial charge in [-0.3, -0.25) is 4.79 Å². The van der Waals surface area contributed by atoms with Crippen molar-refractivity contribution < 1.29 is 13.6 Å². The maximum atomic E-state index is 12.6. The average molecular weight is 213 g/mol. The first kappa shape index (κ1) is 11.3. The maximum absolute atomic E-state index is 12.6. The van der Waals surface area contributed by atoms with Gasteiger partial charge in [0.25, 0.3) is 5.24 Å². The number of hydrogen-bond acceptors (Lipinski definition) is 1. The number of carbonyl (C=O) groups excluding carboxylic acids is 1. The summed E-state index contributed by atoms with van der Waals surface area (Å²) in [5.74, 6) is -2.27. The second-order valence-electron chi connectivity index (χ2n) is 1.88. The molecule has 0 radical (unpaired) electrons. The highest BCUT2D eigenvalue weighted by molar-refractivity contribution is 6.67. The van der Waals surface area contributed by atoms with Crippen LogP contribution in [-0.4, -0.2) is 5.24 Å². The molecule has 0 heterocycles. The summed E-state index contributed by atoms with van der Waals surface area (Å²) in [6, 6.07) is 3.25. The highest BCUT2D eigenvalue weighted by Crippen LogP contribution is 2.12. The molecule has 0 aliphatic heterocycles. The van der Waals surface area contributed by atoms with E-state index in [9.17, 15) is 13.6 Å². The van der Waals surface area contributed by atoms with Crippen LogP contribution in [-0.2, 0) is 0 Å². The molecule has 0 N–H and O–H groups in total. The number of hydrogen-bond donors (Lipinski definition) is 0. The van der Waals surface area contributed by atoms with E-state index in [1.54, 1.807) is 0 Å². The highest BCUT2D eigenvalue weighted by Gasteiger charge is 2.11. The molecule has 0 aliphatic rings. The van der Waals surface area contributed by atoms with E-state index in [1.807, 2.05) is 0 Å². The van der Waals surface area contributed by atoms with Crippen LogP contribution < -0.4 is 0 Å². The van der Waals surface area contributed by atoms with Gasteiger partial charge in [0.15, 0.2) is 11.6 Å². The predicted molar refractivity (Wildman–Crippen MR) is 43.8 cm³/mol. The third-order valence-corrected chi connectivity index (χ3v) is 1.37. The molecule has 1 rings (SSSR count). The fourth-order valence-corrected chi connectivity index (χ4v) is 0.802. The lowest BCUT2D eigenvalue weighted by Crippen LogP contribution is -1.96. The van der Waals surface area contributed by atoms with Crippen molar-refractivity contribution in [2.24, 2.45) is 0 Å². The minimum absolute atomic E-state index is 0. The van der Waals surface area contributed by atoms with Crippen LogP contribution in [0.25, 0.3) is 0 Å². The van der Waals surface area contributed by atoms with Crippen LogP contribution in [0, 0.1) is 11.6 Å². The summed E-state index contributed by atoms with van der Waals surface area (Å²) in [6.07, 6.45) is 0. The summed E-state index contributed by atoms with van der Waals surface area (Å²) in [7, 11) is 0. The quantitative estimate of drug-likeness (QED) is 0.655. The van der Waals surface area contributed by atoms with Crippen molar-refractivity contribution in [2.45, 2.75) is 0 Å². The number of rotatable bonds is 1. The molecule has 0 amide bonds. The Morgan fingerprint density at radius 3 is 2.33 bits per heavy atom. The van der Waals surface area contributed by atoms with Crippen molar-refractivity contribution in [1.82, 2.24) is 0 Å². The van der Waals surface area contributed by atoms with Gasteiger partial charge in [-0.05, 0) is 23.7 Å². The molecule has 0 aromatic heterocycles. The highest BCUT2D eigenvalue weighted by atomic mass is 35.5. The van der Waals surface area contributed by atoms with Gasteiger partial charge in [0.2, 0.25) is 0 Å². The van der Waals surface area contributed by atoms with E-state index < -0.39 is 22.4 Å². The first-order valence-corrected chi connectivity index (χ1v) is 3.14. The van der Waals surface area contributed by atoms with Crippen LogP contribution in [0.3, 0.4) is 0 Å². The Bertz CT molecular complexity index is 301. The first-order chi connectivity index (χ1) is 5.13. The molecular formula is C7H4Cl2F2O. The molecule has 0 bridgehead atoms. The number of halogens is 4. The van der Waals surface area contributed by atoms with Crippen LogP contribution in [0.4, 0.5) is 8.78 Å². The molecule has 0 fully saturated rings. The molecule has 1 aromatic rings. The molecule has 0 spiro atoms. The summed E-state index contributed by atoms with van der Waals surface area (Å²) >= 11 is 4.93. The second kappa shape index (κ2) is 4.38. The van der Waals surface area contributed by atoms with Crippen LogP contribution >= 0.6 is 24.0 Å². The number of carbonyl (C=O) groups is 1. The van der Waals surface area contributed by atoms with Crippen molar-refractivity contribution in [3.8, 4) is 0 Å². The van der Waals surface area contributed by atoms with E-state index in [4.69, 9.17) is 11.6 Å². The lowest BCUT2D eigenvalue weighted by molar-refractivity contribution is 0.107. The minimum Gasteiger partial charge on any atom is -0.275 e. The second-order valence-corrected chi connectivity index (χ2v) is 2.22. The Hall–Kier alpha value is -0.670. The van der Waals surface area contributed by atoms with Gasteiger partial charge in [0, 0.05) is 0 Å². The molecule has 1 aromatic carbocycles. The maximum Gasteiger partial charge on any atom is 0.255 e. The van der Waals surface area contributed by atoms with E-state index in [2.05, 4.69) is 0 Å². The van der Waals surface area contributed by atoms with Crippen molar-refractivity contribution in [3.63, 3.8) is 0 Å². The normalized spacial score (nSPS) is 8.92. The van der Waals surface area contributed by atoms with Gasteiger partial charge in [0.1, 0.15) is 0 Å². The zero-order valence-corrected chi connectivity index (χ0v) is 7.25. The lowest BCUT2D eigenvalue weighted by Gasteiger charge is -1.95. The summed E-state index contributed by atoms with van der Waals surface area (Å²) < 4.78 is 24.9. The van der Waals surface area contributed by atoms with Crippen molar-refractivity contribution in [2.75, 3.05) is 0 Å². The molecular weight excluding hydrogens is 209 g/mol. The van der Waals surface area contributed by atoms with Gasteiger partial charge in [-0.15, -0.1) is 12.4 Å². The van der Waals surface area contributed by atoms with E-state index in [0.717, 1.165) is 12.1 Å². The predicted octanol–water partition coefficient (Wildman–Crippen LogP) is 2.77. The molecule has 0 atom stereocenters. The molecule has 12 heavy (non-hydrogen) atoms. The topological polar surface area (TPSA) is 17.1 Å². The van der Waals surface area contributed by atoms with Crippen LogP contribution in [0.5, 0.6) is 0 Å². The van der Waals surface area contributed by atoms with Crippen LogP contribution in [0.15, 0.2) is 18.2 Å². The third kappa shape index (κ3) is 2.16. The first-order valence-electron chi connectivity index (χ1n) is 2.77. The van der Waals surface area contributed by atoms with E-state index >= 15 is 0 Å². The Balaban J connectivity index is 0.00000121. The summed E-state index contributed by atoms with van der Waals surface area (Å²) in [4.78, 5) is 10.4. The molecule has 0 saturated carbocycles. The van der Waals surface area contributed by atoms with Crippen LogP contribution in [0.2, 0.25) is 0 Å². The van der Waals surface area contributed by atoms with Crippen molar-refractivity contribution in [3.05, 3.63) is 35.4 Å². The molecule has 0 saturated heterocycles. The molecule has 66 valence electrons. The van der Waals surface area contributed by atoms with Gasteiger partial charge in [-0.1, -0.05) is 6.07 Å². The Kier molecular flexibility index (Phi) is 4.13. The third-order valence-electron chi connectivity index (χ3n) is 1.16. The summed E-state index contributed by atoms with van der Waals surface area (Å²) in [6.45, 7) is 0. The molecule has 0 unspecified atom stereocenters. The van der Waals surface area contributed by atoms with Gasteiger partial charge >= 0.3 is 0 Å². The Labute approximate surface area is 78.7 Å². The standard InChI is InChI=1S/C7H3ClF2O.ClH/c8-7(11)4-2-1-3-5(9)6(4)10;/h1-3H;1H. The van der Waals surface area contributed by atoms with E-state index in [1.165, 1.54) is 6.07 Å². The van der Waals surface area contributed by atoms with Gasteiger partial charge in [-0.25, -0.2) is 8.78 Å². The fourth-order valence-electron chi connectivity index (χ4n) is 0.656. The minimum atomic E-state index is -1.20. The zero-order chi connectivity index (χ0) is 8.43. The average Bonchev–Trinajstić information content (AvgIpc) is 1.94. The molecule has 0 aliphatic carbocycles. The van der Waals surface area contributed by atoms with Crippen molar-refractivity contribution in [1.29, 1.82) is 0 Å². The lowest BCUT2D eigenvalue weighted by atomic mass is 10.2. The van der Waals surface area contributed by atoms with Crippen molar-refractivity contribution >= 4 is 29.3 Å². The number of benzene rings is 1. The molecule has 1 nitrogen and oxygen atoms in total. The van der Waals surface area contributed by atoms with Gasteiger partial charge in [-0.2, -0.15) is 0 Å². The smallest absolute Gasteiger partial charge is 0.255 e. The van der Waals surface area contributed by atoms with E-state index in [0.29, 0.717) is 0 Å². The van der Waals surface area contributed by atoms with Gasteiger partial charge in [0.05, 0.1) is 5.56 Å². The fraction of sp³-hybridized carbons (Fsp3) is 0. The summed E-state index contributed by atoms with van der Waals surface area (Å²) in [5.41, 5.74) is -0.438. The Morgan fingerprint density at radius 2 is 1.92 bits per heavy atom. The monoisotopic (exact) mass is 212 g/mol. The SMILES string of the molecule is Cl.O=C(Cl)c1cccc(F)c1F. The molecule has 5 heteroatoms. The van der Waals surface area contributed by atoms with E-state index in [-0.39, 0.29) is 12.4 Å².